The van der Waals surface area contributed by atoms with E-state index in [1.54, 1.807) is 25.7 Å². The van der Waals surface area contributed by atoms with Gasteiger partial charge in [-0.05, 0) is 45.0 Å². The zero-order valence-electron chi connectivity index (χ0n) is 18.9. The summed E-state index contributed by atoms with van der Waals surface area (Å²) in [4.78, 5) is 30.0. The number of likely N-dealkylation sites (tertiary alicyclic amines) is 1. The Morgan fingerprint density at radius 3 is 2.41 bits per heavy atom. The maximum Gasteiger partial charge on any atom is 0.416 e. The third kappa shape index (κ3) is 6.99. The molecule has 184 valence electrons. The van der Waals surface area contributed by atoms with Gasteiger partial charge in [-0.15, -0.1) is 0 Å². The molecule has 0 radical (unpaired) electrons. The van der Waals surface area contributed by atoms with Gasteiger partial charge in [-0.3, -0.25) is 4.79 Å². The van der Waals surface area contributed by atoms with Gasteiger partial charge in [0.15, 0.2) is 0 Å². The van der Waals surface area contributed by atoms with Crippen molar-refractivity contribution < 1.29 is 32.2 Å². The van der Waals surface area contributed by atoms with Crippen LogP contribution >= 0.6 is 11.6 Å². The largest absolute Gasteiger partial charge is 0.490 e. The molecule has 1 aliphatic rings. The van der Waals surface area contributed by atoms with Crippen LogP contribution in [0.1, 0.15) is 49.5 Å². The van der Waals surface area contributed by atoms with Crippen LogP contribution in [0.25, 0.3) is 0 Å². The molecule has 1 N–H and O–H groups in total. The SMILES string of the molecule is CC(C)(C)OC(=O)N1CCC(Oc2cc(NC(=O)c3cccnc3Cl)cc(C(F)(F)F)c2)CC1. The molecule has 2 heterocycles. The van der Waals surface area contributed by atoms with Crippen LogP contribution in [0.2, 0.25) is 5.15 Å². The fraction of sp³-hybridized carbons (Fsp3) is 0.435. The van der Waals surface area contributed by atoms with E-state index in [2.05, 4.69) is 10.3 Å². The molecule has 0 unspecified atom stereocenters. The van der Waals surface area contributed by atoms with Crippen LogP contribution < -0.4 is 10.1 Å². The molecule has 0 atom stereocenters. The van der Waals surface area contributed by atoms with Crippen molar-refractivity contribution in [1.29, 1.82) is 0 Å². The number of carbonyl (C=O) groups excluding carboxylic acids is 2. The second-order valence-corrected chi connectivity index (χ2v) is 9.18. The Morgan fingerprint density at radius 1 is 1.15 bits per heavy atom. The predicted octanol–water partition coefficient (Wildman–Crippen LogP) is 5.78. The number of carbonyl (C=O) groups is 2. The number of halogens is 4. The Kier molecular flexibility index (Phi) is 7.60. The number of benzene rings is 1. The Bertz CT molecular complexity index is 1050. The van der Waals surface area contributed by atoms with Crippen molar-refractivity contribution in [1.82, 2.24) is 9.88 Å². The van der Waals surface area contributed by atoms with Crippen LogP contribution in [0.5, 0.6) is 5.75 Å². The first-order valence-electron chi connectivity index (χ1n) is 10.6. The first kappa shape index (κ1) is 25.6. The Hall–Kier alpha value is -3.01. The van der Waals surface area contributed by atoms with Crippen LogP contribution in [-0.4, -0.2) is 46.7 Å². The topological polar surface area (TPSA) is 80.8 Å². The van der Waals surface area contributed by atoms with Crippen molar-refractivity contribution >= 4 is 29.3 Å². The maximum absolute atomic E-state index is 13.5. The molecule has 0 spiro atoms. The molecular formula is C23H25ClF3N3O4. The van der Waals surface area contributed by atoms with E-state index in [-0.39, 0.29) is 22.2 Å². The summed E-state index contributed by atoms with van der Waals surface area (Å²) in [5.74, 6) is -0.743. The van der Waals surface area contributed by atoms with Gasteiger partial charge in [-0.2, -0.15) is 13.2 Å². The number of anilines is 1. The van der Waals surface area contributed by atoms with Crippen LogP contribution in [0.4, 0.5) is 23.7 Å². The molecule has 34 heavy (non-hydrogen) atoms. The van der Waals surface area contributed by atoms with Gasteiger partial charge < -0.3 is 19.7 Å². The summed E-state index contributed by atoms with van der Waals surface area (Å²) >= 11 is 5.91. The molecule has 0 saturated carbocycles. The summed E-state index contributed by atoms with van der Waals surface area (Å²) in [6.07, 6.45) is -3.26. The zero-order valence-corrected chi connectivity index (χ0v) is 19.7. The highest BCUT2D eigenvalue weighted by molar-refractivity contribution is 6.33. The molecule has 1 aromatic carbocycles. The standard InChI is InChI=1S/C23H25ClF3N3O4/c1-22(2,3)34-21(32)30-9-6-16(7-10-30)33-17-12-14(23(25,26)27)11-15(13-17)29-20(31)18-5-4-8-28-19(18)24/h4-5,8,11-13,16H,6-7,9-10H2,1-3H3,(H,29,31). The lowest BCUT2D eigenvalue weighted by Crippen LogP contribution is -2.44. The number of hydrogen-bond acceptors (Lipinski definition) is 5. The molecule has 0 aliphatic carbocycles. The Balaban J connectivity index is 1.71. The number of aromatic nitrogens is 1. The lowest BCUT2D eigenvalue weighted by Gasteiger charge is -2.33. The summed E-state index contributed by atoms with van der Waals surface area (Å²) < 4.78 is 51.6. The Labute approximate surface area is 200 Å². The average molecular weight is 500 g/mol. The third-order valence-corrected chi connectivity index (χ3v) is 5.19. The molecule has 2 amide bonds. The van der Waals surface area contributed by atoms with E-state index in [0.717, 1.165) is 12.1 Å². The molecule has 3 rings (SSSR count). The lowest BCUT2D eigenvalue weighted by molar-refractivity contribution is -0.137. The number of ether oxygens (including phenoxy) is 2. The molecule has 0 bridgehead atoms. The van der Waals surface area contributed by atoms with Crippen LogP contribution in [-0.2, 0) is 10.9 Å². The van der Waals surface area contributed by atoms with Crippen molar-refractivity contribution in [2.24, 2.45) is 0 Å². The second kappa shape index (κ2) is 10.1. The molecule has 7 nitrogen and oxygen atoms in total. The van der Waals surface area contributed by atoms with E-state index in [4.69, 9.17) is 21.1 Å². The maximum atomic E-state index is 13.5. The number of hydrogen-bond donors (Lipinski definition) is 1. The molecule has 2 aromatic rings. The van der Waals surface area contributed by atoms with E-state index < -0.39 is 35.4 Å². The van der Waals surface area contributed by atoms with E-state index in [0.29, 0.717) is 25.9 Å². The monoisotopic (exact) mass is 499 g/mol. The number of pyridine rings is 1. The minimum atomic E-state index is -4.65. The van der Waals surface area contributed by atoms with E-state index in [1.807, 2.05) is 0 Å². The highest BCUT2D eigenvalue weighted by Crippen LogP contribution is 2.35. The van der Waals surface area contributed by atoms with Crippen molar-refractivity contribution in [3.63, 3.8) is 0 Å². The average Bonchev–Trinajstić information content (AvgIpc) is 2.72. The number of nitrogens with one attached hydrogen (secondary N) is 1. The highest BCUT2D eigenvalue weighted by atomic mass is 35.5. The smallest absolute Gasteiger partial charge is 0.416 e. The van der Waals surface area contributed by atoms with E-state index in [1.165, 1.54) is 24.4 Å². The van der Waals surface area contributed by atoms with Gasteiger partial charge in [0, 0.05) is 43.9 Å². The summed E-state index contributed by atoms with van der Waals surface area (Å²) in [5, 5.41) is 2.35. The van der Waals surface area contributed by atoms with Crippen molar-refractivity contribution in [2.45, 2.75) is 51.5 Å². The summed E-state index contributed by atoms with van der Waals surface area (Å²) in [6, 6.07) is 5.92. The van der Waals surface area contributed by atoms with Gasteiger partial charge in [-0.1, -0.05) is 11.6 Å². The Morgan fingerprint density at radius 2 is 1.82 bits per heavy atom. The minimum absolute atomic E-state index is 0.0264. The number of amides is 2. The lowest BCUT2D eigenvalue weighted by atomic mass is 10.1. The second-order valence-electron chi connectivity index (χ2n) is 8.82. The van der Waals surface area contributed by atoms with Crippen LogP contribution in [0.15, 0.2) is 36.5 Å². The van der Waals surface area contributed by atoms with Gasteiger partial charge in [-0.25, -0.2) is 9.78 Å². The first-order chi connectivity index (χ1) is 15.8. The third-order valence-electron chi connectivity index (χ3n) is 4.89. The number of nitrogens with zero attached hydrogens (tertiary/aromatic N) is 2. The number of rotatable bonds is 4. The molecular weight excluding hydrogens is 475 g/mol. The van der Waals surface area contributed by atoms with Gasteiger partial charge in [0.25, 0.3) is 5.91 Å². The minimum Gasteiger partial charge on any atom is -0.490 e. The quantitative estimate of drug-likeness (QED) is 0.539. The first-order valence-corrected chi connectivity index (χ1v) is 11.0. The predicted molar refractivity (Wildman–Crippen MR) is 120 cm³/mol. The normalized spacial score (nSPS) is 15.1. The van der Waals surface area contributed by atoms with Crippen LogP contribution in [0.3, 0.4) is 0 Å². The number of piperidine rings is 1. The fourth-order valence-electron chi connectivity index (χ4n) is 3.33. The van der Waals surface area contributed by atoms with Crippen LogP contribution in [0, 0.1) is 0 Å². The molecule has 11 heteroatoms. The van der Waals surface area contributed by atoms with E-state index in [9.17, 15) is 22.8 Å². The van der Waals surface area contributed by atoms with E-state index >= 15 is 0 Å². The van der Waals surface area contributed by atoms with Gasteiger partial charge >= 0.3 is 12.3 Å². The van der Waals surface area contributed by atoms with Crippen molar-refractivity contribution in [2.75, 3.05) is 18.4 Å². The summed E-state index contributed by atoms with van der Waals surface area (Å²) in [5.41, 5.74) is -1.66. The molecule has 1 saturated heterocycles. The molecule has 1 aromatic heterocycles. The highest BCUT2D eigenvalue weighted by Gasteiger charge is 2.33. The number of alkyl halides is 3. The zero-order chi connectivity index (χ0) is 25.1. The molecule has 1 fully saturated rings. The summed E-state index contributed by atoms with van der Waals surface area (Å²) in [7, 11) is 0. The fourth-order valence-corrected chi connectivity index (χ4v) is 3.54. The van der Waals surface area contributed by atoms with Gasteiger partial charge in [0.1, 0.15) is 22.6 Å². The molecule has 1 aliphatic heterocycles. The summed E-state index contributed by atoms with van der Waals surface area (Å²) in [6.45, 7) is 6.01. The van der Waals surface area contributed by atoms with Gasteiger partial charge in [0.2, 0.25) is 0 Å². The van der Waals surface area contributed by atoms with Crippen molar-refractivity contribution in [3.8, 4) is 5.75 Å². The van der Waals surface area contributed by atoms with Gasteiger partial charge in [0.05, 0.1) is 11.1 Å². The van der Waals surface area contributed by atoms with Crippen molar-refractivity contribution in [3.05, 3.63) is 52.8 Å².